The Morgan fingerprint density at radius 3 is 2.78 bits per heavy atom. The molecule has 1 heterocycles. The van der Waals surface area contributed by atoms with E-state index in [1.807, 2.05) is 19.1 Å². The molecule has 3 nitrogen and oxygen atoms in total. The number of nitrogens with zero attached hydrogens (tertiary/aromatic N) is 2. The van der Waals surface area contributed by atoms with Crippen LogP contribution in [-0.4, -0.2) is 4.57 Å². The molecular weight excluding hydrogens is 248 g/mol. The average molecular weight is 259 g/mol. The summed E-state index contributed by atoms with van der Waals surface area (Å²) >= 11 is 5.92. The van der Waals surface area contributed by atoms with Crippen LogP contribution in [0, 0.1) is 11.3 Å². The predicted octanol–water partition coefficient (Wildman–Crippen LogP) is 3.06. The predicted molar refractivity (Wildman–Crippen MR) is 71.5 cm³/mol. The number of halogens is 1. The molecule has 18 heavy (non-hydrogen) atoms. The van der Waals surface area contributed by atoms with E-state index in [4.69, 9.17) is 16.9 Å². The molecule has 0 atom stereocenters. The van der Waals surface area contributed by atoms with Crippen molar-refractivity contribution in [1.29, 1.82) is 5.26 Å². The minimum absolute atomic E-state index is 0.154. The van der Waals surface area contributed by atoms with Gasteiger partial charge in [0.2, 0.25) is 0 Å². The summed E-state index contributed by atoms with van der Waals surface area (Å²) in [7, 11) is 0. The van der Waals surface area contributed by atoms with Gasteiger partial charge in [-0.15, -0.1) is 0 Å². The molecular formula is C14H11ClN2O. The highest BCUT2D eigenvalue weighted by atomic mass is 35.5. The molecule has 0 aliphatic rings. The highest BCUT2D eigenvalue weighted by molar-refractivity contribution is 6.30. The molecule has 0 spiro atoms. The smallest absolute Gasteiger partial charge is 0.269 e. The summed E-state index contributed by atoms with van der Waals surface area (Å²) in [6.45, 7) is 2.41. The third-order valence-electron chi connectivity index (χ3n) is 2.75. The highest BCUT2D eigenvalue weighted by Gasteiger charge is 2.10. The summed E-state index contributed by atoms with van der Waals surface area (Å²) in [4.78, 5) is 12.0. The average Bonchev–Trinajstić information content (AvgIpc) is 2.38. The number of hydrogen-bond donors (Lipinski definition) is 0. The second-order valence-corrected chi connectivity index (χ2v) is 4.25. The molecule has 0 aliphatic heterocycles. The second kappa shape index (κ2) is 5.07. The lowest BCUT2D eigenvalue weighted by atomic mass is 10.0. The third-order valence-corrected chi connectivity index (χ3v) is 2.99. The van der Waals surface area contributed by atoms with E-state index in [1.165, 1.54) is 4.57 Å². The zero-order chi connectivity index (χ0) is 13.1. The van der Waals surface area contributed by atoms with Gasteiger partial charge in [-0.1, -0.05) is 23.7 Å². The lowest BCUT2D eigenvalue weighted by Crippen LogP contribution is -2.21. The number of aryl methyl sites for hydroxylation is 1. The molecule has 0 unspecified atom stereocenters. The number of hydrogen-bond acceptors (Lipinski definition) is 2. The second-order valence-electron chi connectivity index (χ2n) is 3.82. The van der Waals surface area contributed by atoms with Crippen molar-refractivity contribution in [3.05, 3.63) is 57.5 Å². The van der Waals surface area contributed by atoms with Crippen molar-refractivity contribution in [3.63, 3.8) is 0 Å². The highest BCUT2D eigenvalue weighted by Crippen LogP contribution is 2.23. The largest absolute Gasteiger partial charge is 0.315 e. The first-order chi connectivity index (χ1) is 8.67. The Balaban J connectivity index is 2.70. The molecule has 0 bridgehead atoms. The van der Waals surface area contributed by atoms with Crippen molar-refractivity contribution in [2.24, 2.45) is 0 Å². The molecule has 1 aromatic heterocycles. The number of nitriles is 1. The van der Waals surface area contributed by atoms with Crippen molar-refractivity contribution >= 4 is 11.6 Å². The number of benzene rings is 1. The first kappa shape index (κ1) is 12.4. The van der Waals surface area contributed by atoms with Crippen LogP contribution in [-0.2, 0) is 6.54 Å². The van der Waals surface area contributed by atoms with E-state index >= 15 is 0 Å². The van der Waals surface area contributed by atoms with Crippen molar-refractivity contribution in [3.8, 4) is 17.2 Å². The van der Waals surface area contributed by atoms with E-state index in [0.29, 0.717) is 17.1 Å². The molecule has 0 N–H and O–H groups in total. The fourth-order valence-electron chi connectivity index (χ4n) is 1.83. The quantitative estimate of drug-likeness (QED) is 0.831. The zero-order valence-corrected chi connectivity index (χ0v) is 10.6. The van der Waals surface area contributed by atoms with Crippen LogP contribution in [0.25, 0.3) is 11.1 Å². The first-order valence-electron chi connectivity index (χ1n) is 5.57. The molecule has 0 amide bonds. The molecule has 0 radical (unpaired) electrons. The van der Waals surface area contributed by atoms with Crippen molar-refractivity contribution in [2.45, 2.75) is 13.5 Å². The van der Waals surface area contributed by atoms with Gasteiger partial charge in [0.1, 0.15) is 11.6 Å². The van der Waals surface area contributed by atoms with Crippen LogP contribution in [0.4, 0.5) is 0 Å². The van der Waals surface area contributed by atoms with E-state index in [1.54, 1.807) is 30.5 Å². The maximum Gasteiger partial charge on any atom is 0.269 e. The van der Waals surface area contributed by atoms with E-state index in [-0.39, 0.29) is 11.1 Å². The Labute approximate surface area is 110 Å². The summed E-state index contributed by atoms with van der Waals surface area (Å²) in [5, 5.41) is 9.73. The Morgan fingerprint density at radius 2 is 2.17 bits per heavy atom. The summed E-state index contributed by atoms with van der Waals surface area (Å²) in [6.07, 6.45) is 1.69. The maximum absolute atomic E-state index is 12.0. The SMILES string of the molecule is CCn1ccc(-c2cccc(Cl)c2)c(C#N)c1=O. The summed E-state index contributed by atoms with van der Waals surface area (Å²) in [5.41, 5.74) is 1.29. The zero-order valence-electron chi connectivity index (χ0n) is 9.85. The molecule has 4 heteroatoms. The molecule has 0 fully saturated rings. The Morgan fingerprint density at radius 1 is 1.39 bits per heavy atom. The van der Waals surface area contributed by atoms with Crippen LogP contribution < -0.4 is 5.56 Å². The first-order valence-corrected chi connectivity index (χ1v) is 5.94. The van der Waals surface area contributed by atoms with Gasteiger partial charge < -0.3 is 4.57 Å². The standard InChI is InChI=1S/C14H11ClN2O/c1-2-17-7-6-12(13(9-16)14(17)18)10-4-3-5-11(15)8-10/h3-8H,2H2,1H3. The van der Waals surface area contributed by atoms with Gasteiger partial charge in [0.25, 0.3) is 5.56 Å². The van der Waals surface area contributed by atoms with Gasteiger partial charge in [-0.05, 0) is 30.7 Å². The van der Waals surface area contributed by atoms with Crippen LogP contribution >= 0.6 is 11.6 Å². The molecule has 0 saturated heterocycles. The van der Waals surface area contributed by atoms with Crippen molar-refractivity contribution in [1.82, 2.24) is 4.57 Å². The van der Waals surface area contributed by atoms with Crippen LogP contribution in [0.3, 0.4) is 0 Å². The van der Waals surface area contributed by atoms with E-state index in [9.17, 15) is 4.79 Å². The lowest BCUT2D eigenvalue weighted by Gasteiger charge is -2.07. The molecule has 2 aromatic rings. The number of aromatic nitrogens is 1. The fraction of sp³-hybridized carbons (Fsp3) is 0.143. The normalized spacial score (nSPS) is 10.1. The number of pyridine rings is 1. The third kappa shape index (κ3) is 2.15. The van der Waals surface area contributed by atoms with Gasteiger partial charge >= 0.3 is 0 Å². The fourth-order valence-corrected chi connectivity index (χ4v) is 2.02. The molecule has 2 rings (SSSR count). The van der Waals surface area contributed by atoms with Crippen LogP contribution in [0.5, 0.6) is 0 Å². The lowest BCUT2D eigenvalue weighted by molar-refractivity contribution is 0.725. The van der Waals surface area contributed by atoms with Crippen LogP contribution in [0.2, 0.25) is 5.02 Å². The summed E-state index contributed by atoms with van der Waals surface area (Å²) in [5.74, 6) is 0. The van der Waals surface area contributed by atoms with E-state index in [2.05, 4.69) is 0 Å². The summed E-state index contributed by atoms with van der Waals surface area (Å²) < 4.78 is 1.51. The Kier molecular flexibility index (Phi) is 3.50. The Hall–Kier alpha value is -2.05. The monoisotopic (exact) mass is 258 g/mol. The molecule has 0 aliphatic carbocycles. The van der Waals surface area contributed by atoms with Crippen LogP contribution in [0.15, 0.2) is 41.3 Å². The topological polar surface area (TPSA) is 45.8 Å². The van der Waals surface area contributed by atoms with Gasteiger partial charge in [-0.2, -0.15) is 5.26 Å². The molecule has 1 aromatic carbocycles. The minimum Gasteiger partial charge on any atom is -0.315 e. The Bertz CT molecular complexity index is 683. The van der Waals surface area contributed by atoms with Crippen LogP contribution in [0.1, 0.15) is 12.5 Å². The van der Waals surface area contributed by atoms with Gasteiger partial charge in [-0.25, -0.2) is 0 Å². The van der Waals surface area contributed by atoms with Gasteiger partial charge in [0.15, 0.2) is 0 Å². The van der Waals surface area contributed by atoms with Crippen molar-refractivity contribution in [2.75, 3.05) is 0 Å². The van der Waals surface area contributed by atoms with E-state index in [0.717, 1.165) is 5.56 Å². The summed E-state index contributed by atoms with van der Waals surface area (Å²) in [6, 6.07) is 10.9. The molecule has 0 saturated carbocycles. The van der Waals surface area contributed by atoms with E-state index < -0.39 is 0 Å². The van der Waals surface area contributed by atoms with Gasteiger partial charge in [0.05, 0.1) is 0 Å². The van der Waals surface area contributed by atoms with Gasteiger partial charge in [-0.3, -0.25) is 4.79 Å². The maximum atomic E-state index is 12.0. The minimum atomic E-state index is -0.266. The number of rotatable bonds is 2. The van der Waals surface area contributed by atoms with Gasteiger partial charge in [0, 0.05) is 23.3 Å². The van der Waals surface area contributed by atoms with Crippen molar-refractivity contribution < 1.29 is 0 Å². The molecule has 90 valence electrons.